The molecule has 0 aromatic heterocycles. The summed E-state index contributed by atoms with van der Waals surface area (Å²) in [6.07, 6.45) is 1.47. The normalized spacial score (nSPS) is 11.5. The summed E-state index contributed by atoms with van der Waals surface area (Å²) < 4.78 is 30.3. The predicted molar refractivity (Wildman–Crippen MR) is 107 cm³/mol. The molecule has 3 rings (SSSR count). The van der Waals surface area contributed by atoms with E-state index in [1.807, 2.05) is 6.07 Å². The largest absolute Gasteiger partial charge is 0.378 e. The van der Waals surface area contributed by atoms with Gasteiger partial charge in [-0.25, -0.2) is 0 Å². The molecular formula is C21H14N2O5S. The summed E-state index contributed by atoms with van der Waals surface area (Å²) >= 11 is 0. The lowest BCUT2D eigenvalue weighted by Gasteiger charge is -2.10. The summed E-state index contributed by atoms with van der Waals surface area (Å²) in [7, 11) is -4.05. The maximum atomic E-state index is 12.5. The number of nitriles is 1. The summed E-state index contributed by atoms with van der Waals surface area (Å²) in [5, 5.41) is 20.3. The zero-order chi connectivity index (χ0) is 20.9. The maximum absolute atomic E-state index is 12.5. The molecule has 0 N–H and O–H groups in total. The lowest BCUT2D eigenvalue weighted by atomic mass is 10.0. The number of hydrogen-bond acceptors (Lipinski definition) is 6. The van der Waals surface area contributed by atoms with Gasteiger partial charge in [0.05, 0.1) is 16.6 Å². The van der Waals surface area contributed by atoms with Crippen molar-refractivity contribution >= 4 is 27.5 Å². The van der Waals surface area contributed by atoms with E-state index in [0.717, 1.165) is 0 Å². The Balaban J connectivity index is 1.97. The van der Waals surface area contributed by atoms with Crippen LogP contribution in [-0.2, 0) is 10.1 Å². The van der Waals surface area contributed by atoms with Crippen LogP contribution in [0.1, 0.15) is 11.1 Å². The molecule has 0 bridgehead atoms. The third-order valence-electron chi connectivity index (χ3n) is 3.96. The Bertz CT molecular complexity index is 1210. The molecular weight excluding hydrogens is 392 g/mol. The van der Waals surface area contributed by atoms with Gasteiger partial charge in [-0.15, -0.1) is 0 Å². The fourth-order valence-electron chi connectivity index (χ4n) is 2.53. The summed E-state index contributed by atoms with van der Waals surface area (Å²) in [4.78, 5) is 10.3. The van der Waals surface area contributed by atoms with E-state index in [1.54, 1.807) is 36.4 Å². The Morgan fingerprint density at radius 2 is 1.59 bits per heavy atom. The molecule has 3 aromatic carbocycles. The zero-order valence-electron chi connectivity index (χ0n) is 14.9. The molecule has 0 amide bonds. The van der Waals surface area contributed by atoms with Gasteiger partial charge in [-0.1, -0.05) is 36.4 Å². The number of hydrogen-bond donors (Lipinski definition) is 0. The van der Waals surface area contributed by atoms with E-state index in [4.69, 9.17) is 4.18 Å². The lowest BCUT2D eigenvalue weighted by molar-refractivity contribution is -0.384. The number of benzene rings is 3. The Morgan fingerprint density at radius 1 is 0.966 bits per heavy atom. The van der Waals surface area contributed by atoms with E-state index < -0.39 is 15.0 Å². The molecule has 0 heterocycles. The quantitative estimate of drug-likeness (QED) is 0.197. The van der Waals surface area contributed by atoms with Crippen LogP contribution in [-0.4, -0.2) is 13.3 Å². The number of non-ortho nitro benzene ring substituents is 1. The topological polar surface area (TPSA) is 110 Å². The van der Waals surface area contributed by atoms with Crippen LogP contribution in [0, 0.1) is 21.4 Å². The molecule has 8 heteroatoms. The molecule has 29 heavy (non-hydrogen) atoms. The Labute approximate surface area is 167 Å². The number of rotatable bonds is 6. The fraction of sp³-hybridized carbons (Fsp3) is 0. The van der Waals surface area contributed by atoms with Crippen molar-refractivity contribution in [3.8, 4) is 11.8 Å². The molecule has 0 aliphatic heterocycles. The van der Waals surface area contributed by atoms with E-state index >= 15 is 0 Å². The molecule has 0 saturated heterocycles. The number of nitrogens with zero attached hydrogens (tertiary/aromatic N) is 2. The van der Waals surface area contributed by atoms with Gasteiger partial charge in [0.1, 0.15) is 10.6 Å². The molecule has 144 valence electrons. The Morgan fingerprint density at radius 3 is 2.21 bits per heavy atom. The van der Waals surface area contributed by atoms with Crippen LogP contribution < -0.4 is 4.18 Å². The molecule has 0 aliphatic rings. The molecule has 7 nitrogen and oxygen atoms in total. The van der Waals surface area contributed by atoms with Gasteiger partial charge in [-0.05, 0) is 42.0 Å². The van der Waals surface area contributed by atoms with E-state index in [-0.39, 0.29) is 21.9 Å². The summed E-state index contributed by atoms with van der Waals surface area (Å²) in [6.45, 7) is 0. The monoisotopic (exact) mass is 406 g/mol. The van der Waals surface area contributed by atoms with Crippen LogP contribution >= 0.6 is 0 Å². The highest BCUT2D eigenvalue weighted by molar-refractivity contribution is 7.87. The average molecular weight is 406 g/mol. The number of para-hydroxylation sites is 1. The SMILES string of the molecule is N#CC(=Cc1ccccc1OS(=O)(=O)c1ccccc1)c1ccc([N+](=O)[O-])cc1. The third-order valence-corrected chi connectivity index (χ3v) is 5.21. The molecule has 0 unspecified atom stereocenters. The predicted octanol–water partition coefficient (Wildman–Crippen LogP) is 4.43. The van der Waals surface area contributed by atoms with Crippen molar-refractivity contribution in [1.29, 1.82) is 5.26 Å². The zero-order valence-corrected chi connectivity index (χ0v) is 15.7. The maximum Gasteiger partial charge on any atom is 0.339 e. The Hall–Kier alpha value is -3.96. The van der Waals surface area contributed by atoms with Crippen molar-refractivity contribution in [3.63, 3.8) is 0 Å². The van der Waals surface area contributed by atoms with Crippen molar-refractivity contribution in [2.24, 2.45) is 0 Å². The van der Waals surface area contributed by atoms with Gasteiger partial charge in [-0.3, -0.25) is 10.1 Å². The second-order valence-corrected chi connectivity index (χ2v) is 7.41. The number of nitro benzene ring substituents is 1. The summed E-state index contributed by atoms with van der Waals surface area (Å²) in [5.74, 6) is 0.0611. The first-order valence-corrected chi connectivity index (χ1v) is 9.77. The lowest BCUT2D eigenvalue weighted by Crippen LogP contribution is -2.10. The van der Waals surface area contributed by atoms with Crippen LogP contribution in [0.25, 0.3) is 11.6 Å². The highest BCUT2D eigenvalue weighted by atomic mass is 32.2. The molecule has 3 aromatic rings. The van der Waals surface area contributed by atoms with Crippen molar-refractivity contribution < 1.29 is 17.5 Å². The van der Waals surface area contributed by atoms with Gasteiger partial charge in [0.25, 0.3) is 5.69 Å². The van der Waals surface area contributed by atoms with Gasteiger partial charge in [0, 0.05) is 17.7 Å². The van der Waals surface area contributed by atoms with Crippen molar-refractivity contribution in [1.82, 2.24) is 0 Å². The minimum Gasteiger partial charge on any atom is -0.378 e. The highest BCUT2D eigenvalue weighted by Gasteiger charge is 2.18. The van der Waals surface area contributed by atoms with Crippen LogP contribution in [0.15, 0.2) is 83.8 Å². The van der Waals surface area contributed by atoms with Crippen molar-refractivity contribution in [2.75, 3.05) is 0 Å². The van der Waals surface area contributed by atoms with Crippen LogP contribution in [0.5, 0.6) is 5.75 Å². The van der Waals surface area contributed by atoms with Gasteiger partial charge in [-0.2, -0.15) is 13.7 Å². The van der Waals surface area contributed by atoms with Gasteiger partial charge in [0.2, 0.25) is 0 Å². The molecule has 0 saturated carbocycles. The van der Waals surface area contributed by atoms with Crippen LogP contribution in [0.4, 0.5) is 5.69 Å². The third kappa shape index (κ3) is 4.66. The molecule has 0 fully saturated rings. The van der Waals surface area contributed by atoms with E-state index in [2.05, 4.69) is 0 Å². The fourth-order valence-corrected chi connectivity index (χ4v) is 3.50. The molecule has 0 radical (unpaired) electrons. The second-order valence-electron chi connectivity index (χ2n) is 5.86. The molecule has 0 atom stereocenters. The van der Waals surface area contributed by atoms with E-state index in [0.29, 0.717) is 11.1 Å². The first-order chi connectivity index (χ1) is 13.9. The number of allylic oxidation sites excluding steroid dienone is 1. The Kier molecular flexibility index (Phi) is 5.71. The van der Waals surface area contributed by atoms with Crippen LogP contribution in [0.2, 0.25) is 0 Å². The second kappa shape index (κ2) is 8.37. The minimum absolute atomic E-state index is 0.00894. The summed E-state index contributed by atoms with van der Waals surface area (Å²) in [5.41, 5.74) is 0.942. The standard InChI is InChI=1S/C21H14N2O5S/c22-15-18(16-10-12-19(13-11-16)23(24)25)14-17-6-4-5-9-21(17)28-29(26,27)20-7-2-1-3-8-20/h1-14H. The molecule has 0 spiro atoms. The van der Waals surface area contributed by atoms with Crippen molar-refractivity contribution in [3.05, 3.63) is 100 Å². The van der Waals surface area contributed by atoms with Gasteiger partial charge >= 0.3 is 10.1 Å². The average Bonchev–Trinajstić information content (AvgIpc) is 2.73. The summed E-state index contributed by atoms with van der Waals surface area (Å²) in [6, 6.07) is 21.6. The first kappa shape index (κ1) is 19.8. The van der Waals surface area contributed by atoms with Gasteiger partial charge in [0.15, 0.2) is 0 Å². The molecule has 0 aliphatic carbocycles. The first-order valence-electron chi connectivity index (χ1n) is 8.36. The van der Waals surface area contributed by atoms with Gasteiger partial charge < -0.3 is 4.18 Å². The van der Waals surface area contributed by atoms with Crippen LogP contribution in [0.3, 0.4) is 0 Å². The van der Waals surface area contributed by atoms with E-state index in [9.17, 15) is 23.8 Å². The smallest absolute Gasteiger partial charge is 0.339 e. The minimum atomic E-state index is -4.05. The number of nitro groups is 1. The van der Waals surface area contributed by atoms with E-state index in [1.165, 1.54) is 48.5 Å². The highest BCUT2D eigenvalue weighted by Crippen LogP contribution is 2.28. The van der Waals surface area contributed by atoms with Crippen molar-refractivity contribution in [2.45, 2.75) is 4.90 Å².